The first-order chi connectivity index (χ1) is 9.06. The Morgan fingerprint density at radius 3 is 2.68 bits per heavy atom. The van der Waals surface area contributed by atoms with Crippen LogP contribution in [0.15, 0.2) is 12.3 Å². The molecule has 5 nitrogen and oxygen atoms in total. The largest absolute Gasteiger partial charge is 0.370 e. The molecule has 0 saturated heterocycles. The number of anilines is 1. The topological polar surface area (TPSA) is 68.1 Å². The first-order valence-corrected chi connectivity index (χ1v) is 6.91. The zero-order valence-electron chi connectivity index (χ0n) is 11.6. The molecular formula is C14H21N3O2. The molecule has 0 aliphatic heterocycles. The van der Waals surface area contributed by atoms with Crippen molar-refractivity contribution < 1.29 is 4.92 Å². The molecule has 0 atom stereocenters. The average Bonchev–Trinajstić information content (AvgIpc) is 2.37. The quantitative estimate of drug-likeness (QED) is 0.666. The minimum absolute atomic E-state index is 0.0806. The highest BCUT2D eigenvalue weighted by atomic mass is 16.6. The smallest absolute Gasteiger partial charge is 0.290 e. The highest BCUT2D eigenvalue weighted by Crippen LogP contribution is 2.28. The summed E-state index contributed by atoms with van der Waals surface area (Å²) in [4.78, 5) is 14.4. The highest BCUT2D eigenvalue weighted by molar-refractivity contribution is 5.46. The van der Waals surface area contributed by atoms with Gasteiger partial charge in [-0.1, -0.05) is 19.8 Å². The van der Waals surface area contributed by atoms with E-state index < -0.39 is 4.92 Å². The summed E-state index contributed by atoms with van der Waals surface area (Å²) in [6, 6.07) is 1.75. The molecule has 104 valence electrons. The van der Waals surface area contributed by atoms with Gasteiger partial charge in [0, 0.05) is 12.1 Å². The lowest BCUT2D eigenvalue weighted by molar-refractivity contribution is -0.385. The number of nitro groups is 1. The van der Waals surface area contributed by atoms with Crippen LogP contribution in [0.5, 0.6) is 0 Å². The van der Waals surface area contributed by atoms with Crippen molar-refractivity contribution in [2.24, 2.45) is 11.8 Å². The molecule has 1 aliphatic rings. The Hall–Kier alpha value is -1.65. The van der Waals surface area contributed by atoms with E-state index in [9.17, 15) is 10.1 Å². The summed E-state index contributed by atoms with van der Waals surface area (Å²) in [5, 5.41) is 14.0. The van der Waals surface area contributed by atoms with Crippen molar-refractivity contribution in [3.05, 3.63) is 27.9 Å². The van der Waals surface area contributed by atoms with Gasteiger partial charge in [-0.15, -0.1) is 0 Å². The van der Waals surface area contributed by atoms with E-state index in [1.165, 1.54) is 31.9 Å². The van der Waals surface area contributed by atoms with Gasteiger partial charge in [-0.2, -0.15) is 0 Å². The SMILES string of the molecule is Cc1cc(NCC2CCC(C)CC2)ncc1[N+](=O)[O-]. The second-order valence-corrected chi connectivity index (χ2v) is 5.62. The van der Waals surface area contributed by atoms with Crippen LogP contribution in [0.1, 0.15) is 38.2 Å². The fourth-order valence-corrected chi connectivity index (χ4v) is 2.62. The summed E-state index contributed by atoms with van der Waals surface area (Å²) in [7, 11) is 0. The van der Waals surface area contributed by atoms with Gasteiger partial charge in [-0.25, -0.2) is 4.98 Å². The fourth-order valence-electron chi connectivity index (χ4n) is 2.62. The van der Waals surface area contributed by atoms with Crippen molar-refractivity contribution in [3.8, 4) is 0 Å². The average molecular weight is 263 g/mol. The molecule has 1 heterocycles. The monoisotopic (exact) mass is 263 g/mol. The zero-order chi connectivity index (χ0) is 13.8. The molecule has 0 aromatic carbocycles. The zero-order valence-corrected chi connectivity index (χ0v) is 11.6. The Bertz CT molecular complexity index is 454. The number of hydrogen-bond acceptors (Lipinski definition) is 4. The molecule has 19 heavy (non-hydrogen) atoms. The molecule has 1 fully saturated rings. The molecule has 1 aromatic heterocycles. The van der Waals surface area contributed by atoms with Gasteiger partial charge in [-0.3, -0.25) is 10.1 Å². The second-order valence-electron chi connectivity index (χ2n) is 5.62. The fraction of sp³-hybridized carbons (Fsp3) is 0.643. The van der Waals surface area contributed by atoms with Crippen LogP contribution in [-0.2, 0) is 0 Å². The first-order valence-electron chi connectivity index (χ1n) is 6.91. The third-order valence-corrected chi connectivity index (χ3v) is 3.99. The van der Waals surface area contributed by atoms with Gasteiger partial charge < -0.3 is 5.32 Å². The van der Waals surface area contributed by atoms with E-state index in [1.807, 2.05) is 0 Å². The van der Waals surface area contributed by atoms with E-state index in [-0.39, 0.29) is 5.69 Å². The van der Waals surface area contributed by atoms with Crippen molar-refractivity contribution in [3.63, 3.8) is 0 Å². The molecular weight excluding hydrogens is 242 g/mol. The van der Waals surface area contributed by atoms with Crippen molar-refractivity contribution in [2.75, 3.05) is 11.9 Å². The van der Waals surface area contributed by atoms with E-state index >= 15 is 0 Å². The molecule has 1 saturated carbocycles. The first kappa shape index (κ1) is 13.8. The Morgan fingerprint density at radius 1 is 1.42 bits per heavy atom. The van der Waals surface area contributed by atoms with Crippen molar-refractivity contribution in [1.29, 1.82) is 0 Å². The Morgan fingerprint density at radius 2 is 2.11 bits per heavy atom. The van der Waals surface area contributed by atoms with Crippen LogP contribution in [0.3, 0.4) is 0 Å². The minimum Gasteiger partial charge on any atom is -0.370 e. The summed E-state index contributed by atoms with van der Waals surface area (Å²) in [6.07, 6.45) is 6.47. The van der Waals surface area contributed by atoms with Gasteiger partial charge in [0.1, 0.15) is 12.0 Å². The second kappa shape index (κ2) is 5.99. The molecule has 2 rings (SSSR count). The van der Waals surface area contributed by atoms with Crippen LogP contribution in [0.4, 0.5) is 11.5 Å². The number of nitrogens with one attached hydrogen (secondary N) is 1. The van der Waals surface area contributed by atoms with E-state index in [4.69, 9.17) is 0 Å². The van der Waals surface area contributed by atoms with Gasteiger partial charge in [0.05, 0.1) is 4.92 Å². The standard InChI is InChI=1S/C14H21N3O2/c1-10-3-5-12(6-4-10)8-15-14-7-11(2)13(9-16-14)17(18)19/h7,9-10,12H,3-6,8H2,1-2H3,(H,15,16). The van der Waals surface area contributed by atoms with E-state index in [0.717, 1.165) is 18.3 Å². The normalized spacial score (nSPS) is 23.1. The third-order valence-electron chi connectivity index (χ3n) is 3.99. The molecule has 0 spiro atoms. The summed E-state index contributed by atoms with van der Waals surface area (Å²) in [5.74, 6) is 2.30. The van der Waals surface area contributed by atoms with Crippen LogP contribution < -0.4 is 5.32 Å². The third kappa shape index (κ3) is 3.66. The Balaban J connectivity index is 1.89. The van der Waals surface area contributed by atoms with Crippen LogP contribution in [0.2, 0.25) is 0 Å². The van der Waals surface area contributed by atoms with E-state index in [0.29, 0.717) is 11.5 Å². The van der Waals surface area contributed by atoms with Crippen molar-refractivity contribution in [1.82, 2.24) is 4.98 Å². The molecule has 1 aliphatic carbocycles. The highest BCUT2D eigenvalue weighted by Gasteiger charge is 2.18. The van der Waals surface area contributed by atoms with Gasteiger partial charge in [0.25, 0.3) is 5.69 Å². The van der Waals surface area contributed by atoms with Crippen LogP contribution in [0, 0.1) is 28.9 Å². The van der Waals surface area contributed by atoms with Crippen LogP contribution >= 0.6 is 0 Å². The van der Waals surface area contributed by atoms with E-state index in [1.54, 1.807) is 13.0 Å². The lowest BCUT2D eigenvalue weighted by Crippen LogP contribution is -2.20. The van der Waals surface area contributed by atoms with E-state index in [2.05, 4.69) is 17.2 Å². The summed E-state index contributed by atoms with van der Waals surface area (Å²) < 4.78 is 0. The van der Waals surface area contributed by atoms with Crippen molar-refractivity contribution >= 4 is 11.5 Å². The Labute approximate surface area is 113 Å². The van der Waals surface area contributed by atoms with Crippen LogP contribution in [0.25, 0.3) is 0 Å². The molecule has 0 radical (unpaired) electrons. The van der Waals surface area contributed by atoms with Gasteiger partial charge in [-0.05, 0) is 37.7 Å². The Kier molecular flexibility index (Phi) is 4.35. The molecule has 0 amide bonds. The lowest BCUT2D eigenvalue weighted by Gasteiger charge is -2.26. The molecule has 0 bridgehead atoms. The maximum atomic E-state index is 10.7. The van der Waals surface area contributed by atoms with Gasteiger partial charge in [0.2, 0.25) is 0 Å². The number of hydrogen-bond donors (Lipinski definition) is 1. The minimum atomic E-state index is -0.394. The van der Waals surface area contributed by atoms with Gasteiger partial charge >= 0.3 is 0 Å². The predicted molar refractivity (Wildman–Crippen MR) is 75.2 cm³/mol. The number of rotatable bonds is 4. The number of nitrogens with zero attached hydrogens (tertiary/aromatic N) is 2. The lowest BCUT2D eigenvalue weighted by atomic mass is 9.83. The maximum absolute atomic E-state index is 10.7. The molecule has 5 heteroatoms. The van der Waals surface area contributed by atoms with Gasteiger partial charge in [0.15, 0.2) is 0 Å². The molecule has 1 aromatic rings. The summed E-state index contributed by atoms with van der Waals surface area (Å²) >= 11 is 0. The number of aromatic nitrogens is 1. The maximum Gasteiger partial charge on any atom is 0.290 e. The van der Waals surface area contributed by atoms with Crippen molar-refractivity contribution in [2.45, 2.75) is 39.5 Å². The predicted octanol–water partition coefficient (Wildman–Crippen LogP) is 3.54. The molecule has 0 unspecified atom stereocenters. The van der Waals surface area contributed by atoms with Crippen LogP contribution in [-0.4, -0.2) is 16.5 Å². The number of aryl methyl sites for hydroxylation is 1. The molecule has 1 N–H and O–H groups in total. The summed E-state index contributed by atoms with van der Waals surface area (Å²) in [5.41, 5.74) is 0.733. The summed E-state index contributed by atoms with van der Waals surface area (Å²) in [6.45, 7) is 4.97. The number of pyridine rings is 1.